The van der Waals surface area contributed by atoms with Gasteiger partial charge in [-0.15, -0.1) is 0 Å². The van der Waals surface area contributed by atoms with Crippen LogP contribution in [0.1, 0.15) is 25.5 Å². The molecule has 6 nitrogen and oxygen atoms in total. The molecule has 1 aromatic carbocycles. The van der Waals surface area contributed by atoms with Gasteiger partial charge in [-0.05, 0) is 25.5 Å². The van der Waals surface area contributed by atoms with Gasteiger partial charge in [-0.25, -0.2) is 9.59 Å². The summed E-state index contributed by atoms with van der Waals surface area (Å²) in [5, 5.41) is 3.44. The number of ether oxygens (including phenoxy) is 2. The van der Waals surface area contributed by atoms with Crippen LogP contribution in [0.15, 0.2) is 29.5 Å². The van der Waals surface area contributed by atoms with Crippen molar-refractivity contribution in [1.29, 1.82) is 0 Å². The third kappa shape index (κ3) is 4.08. The lowest BCUT2D eigenvalue weighted by molar-refractivity contribution is -0.140. The first-order valence-electron chi connectivity index (χ1n) is 7.81. The number of methoxy groups -OCH3 is 1. The molecule has 0 radical (unpaired) electrons. The second-order valence-corrected chi connectivity index (χ2v) is 6.18. The van der Waals surface area contributed by atoms with E-state index in [9.17, 15) is 9.59 Å². The Hall–Kier alpha value is -1.76. The second-order valence-electron chi connectivity index (χ2n) is 5.40. The molecule has 2 amide bonds. The number of amides is 2. The Labute approximate surface area is 156 Å². The summed E-state index contributed by atoms with van der Waals surface area (Å²) in [7, 11) is 1.52. The highest BCUT2D eigenvalue weighted by Gasteiger charge is 2.37. The van der Waals surface area contributed by atoms with E-state index < -0.39 is 12.0 Å². The predicted molar refractivity (Wildman–Crippen MR) is 95.6 cm³/mol. The quantitative estimate of drug-likeness (QED) is 0.599. The van der Waals surface area contributed by atoms with Gasteiger partial charge in [-0.3, -0.25) is 4.90 Å². The molecule has 136 valence electrons. The fourth-order valence-corrected chi connectivity index (χ4v) is 3.12. The number of urea groups is 1. The molecule has 0 saturated heterocycles. The van der Waals surface area contributed by atoms with Crippen molar-refractivity contribution < 1.29 is 19.1 Å². The molecule has 2 rings (SSSR count). The standard InChI is InChI=1S/C17H20Cl2N2O4/c1-4-21-10(2)13(16(22)25-9-8-24-3)15(20-17(21)23)11-6-5-7-12(18)14(11)19/h5-7,15H,4,8-9H2,1-3H3,(H,20,23)/t15-/m1/s1. The van der Waals surface area contributed by atoms with Crippen molar-refractivity contribution in [2.75, 3.05) is 26.9 Å². The molecule has 0 saturated carbocycles. The highest BCUT2D eigenvalue weighted by atomic mass is 35.5. The SMILES string of the molecule is CCN1C(=O)N[C@H](c2cccc(Cl)c2Cl)C(C(=O)OCCOC)=C1C. The molecule has 0 unspecified atom stereocenters. The van der Waals surface area contributed by atoms with Crippen LogP contribution in [0.3, 0.4) is 0 Å². The minimum Gasteiger partial charge on any atom is -0.460 e. The molecule has 1 aliphatic rings. The van der Waals surface area contributed by atoms with Crippen molar-refractivity contribution in [3.05, 3.63) is 45.1 Å². The molecular weight excluding hydrogens is 367 g/mol. The molecule has 0 aromatic heterocycles. The van der Waals surface area contributed by atoms with E-state index in [-0.39, 0.29) is 24.3 Å². The molecule has 0 fully saturated rings. The van der Waals surface area contributed by atoms with Gasteiger partial charge in [0.15, 0.2) is 0 Å². The molecule has 0 aliphatic carbocycles. The van der Waals surface area contributed by atoms with Crippen LogP contribution >= 0.6 is 23.2 Å². The number of nitrogens with zero attached hydrogens (tertiary/aromatic N) is 1. The predicted octanol–water partition coefficient (Wildman–Crippen LogP) is 3.54. The first-order valence-corrected chi connectivity index (χ1v) is 8.56. The van der Waals surface area contributed by atoms with Gasteiger partial charge in [-0.1, -0.05) is 35.3 Å². The van der Waals surface area contributed by atoms with E-state index >= 15 is 0 Å². The molecule has 25 heavy (non-hydrogen) atoms. The Kier molecular flexibility index (Phi) is 6.70. The lowest BCUT2D eigenvalue weighted by atomic mass is 9.95. The van der Waals surface area contributed by atoms with Gasteiger partial charge in [0, 0.05) is 19.4 Å². The summed E-state index contributed by atoms with van der Waals surface area (Å²) in [5.74, 6) is -0.533. The lowest BCUT2D eigenvalue weighted by Gasteiger charge is -2.35. The fourth-order valence-electron chi connectivity index (χ4n) is 2.70. The van der Waals surface area contributed by atoms with Gasteiger partial charge in [0.25, 0.3) is 0 Å². The summed E-state index contributed by atoms with van der Waals surface area (Å²) in [5.41, 5.74) is 1.38. The summed E-state index contributed by atoms with van der Waals surface area (Å²) >= 11 is 12.4. The number of carbonyl (C=O) groups excluding carboxylic acids is 2. The minimum atomic E-state index is -0.739. The minimum absolute atomic E-state index is 0.113. The summed E-state index contributed by atoms with van der Waals surface area (Å²) in [6.45, 7) is 4.35. The van der Waals surface area contributed by atoms with Crippen LogP contribution in [0.5, 0.6) is 0 Å². The number of hydrogen-bond donors (Lipinski definition) is 1. The second kappa shape index (κ2) is 8.56. The number of benzene rings is 1. The molecule has 1 aromatic rings. The maximum absolute atomic E-state index is 12.6. The van der Waals surface area contributed by atoms with Gasteiger partial charge in [-0.2, -0.15) is 0 Å². The summed E-state index contributed by atoms with van der Waals surface area (Å²) < 4.78 is 10.2. The van der Waals surface area contributed by atoms with Crippen LogP contribution in [-0.2, 0) is 14.3 Å². The first kappa shape index (κ1) is 19.6. The zero-order chi connectivity index (χ0) is 18.6. The topological polar surface area (TPSA) is 67.9 Å². The fraction of sp³-hybridized carbons (Fsp3) is 0.412. The Morgan fingerprint density at radius 2 is 2.04 bits per heavy atom. The van der Waals surface area contributed by atoms with E-state index in [1.165, 1.54) is 12.0 Å². The van der Waals surface area contributed by atoms with Crippen LogP contribution in [0.25, 0.3) is 0 Å². The number of esters is 1. The van der Waals surface area contributed by atoms with Gasteiger partial charge in [0.05, 0.1) is 28.3 Å². The summed E-state index contributed by atoms with van der Waals surface area (Å²) in [6, 6.07) is 4.02. The Morgan fingerprint density at radius 1 is 1.32 bits per heavy atom. The normalized spacial score (nSPS) is 17.6. The Morgan fingerprint density at radius 3 is 2.68 bits per heavy atom. The maximum atomic E-state index is 12.6. The molecule has 1 heterocycles. The number of halogens is 2. The number of allylic oxidation sites excluding steroid dienone is 1. The monoisotopic (exact) mass is 386 g/mol. The van der Waals surface area contributed by atoms with Gasteiger partial charge in [0.2, 0.25) is 0 Å². The van der Waals surface area contributed by atoms with Crippen LogP contribution < -0.4 is 5.32 Å². The lowest BCUT2D eigenvalue weighted by Crippen LogP contribution is -2.48. The smallest absolute Gasteiger partial charge is 0.338 e. The molecule has 1 N–H and O–H groups in total. The van der Waals surface area contributed by atoms with Crippen molar-refractivity contribution >= 4 is 35.2 Å². The average Bonchev–Trinajstić information content (AvgIpc) is 2.57. The van der Waals surface area contributed by atoms with Crippen molar-refractivity contribution in [1.82, 2.24) is 10.2 Å². The van der Waals surface area contributed by atoms with Crippen LogP contribution in [-0.4, -0.2) is 43.8 Å². The Balaban J connectivity index is 2.48. The van der Waals surface area contributed by atoms with Crippen LogP contribution in [0.4, 0.5) is 4.79 Å². The van der Waals surface area contributed by atoms with Crippen molar-refractivity contribution in [2.45, 2.75) is 19.9 Å². The van der Waals surface area contributed by atoms with E-state index in [1.54, 1.807) is 25.1 Å². The maximum Gasteiger partial charge on any atom is 0.338 e. The largest absolute Gasteiger partial charge is 0.460 e. The Bertz CT molecular complexity index is 706. The van der Waals surface area contributed by atoms with E-state index in [2.05, 4.69) is 5.32 Å². The zero-order valence-corrected chi connectivity index (χ0v) is 15.8. The molecule has 0 bridgehead atoms. The molecule has 0 spiro atoms. The van der Waals surface area contributed by atoms with Gasteiger partial charge >= 0.3 is 12.0 Å². The highest BCUT2D eigenvalue weighted by molar-refractivity contribution is 6.42. The van der Waals surface area contributed by atoms with Crippen LogP contribution in [0, 0.1) is 0 Å². The molecular formula is C17H20Cl2N2O4. The summed E-state index contributed by atoms with van der Waals surface area (Å²) in [6.07, 6.45) is 0. The highest BCUT2D eigenvalue weighted by Crippen LogP contribution is 2.37. The van der Waals surface area contributed by atoms with Crippen molar-refractivity contribution in [3.8, 4) is 0 Å². The molecule has 1 aliphatic heterocycles. The third-order valence-corrected chi connectivity index (χ3v) is 4.78. The van der Waals surface area contributed by atoms with Crippen LogP contribution in [0.2, 0.25) is 10.0 Å². The van der Waals surface area contributed by atoms with E-state index in [1.807, 2.05) is 6.92 Å². The number of rotatable bonds is 6. The van der Waals surface area contributed by atoms with Crippen molar-refractivity contribution in [2.24, 2.45) is 0 Å². The molecule has 1 atom stereocenters. The zero-order valence-electron chi connectivity index (χ0n) is 14.3. The summed E-state index contributed by atoms with van der Waals surface area (Å²) in [4.78, 5) is 26.5. The van der Waals surface area contributed by atoms with E-state index in [0.29, 0.717) is 28.4 Å². The van der Waals surface area contributed by atoms with Gasteiger partial charge in [0.1, 0.15) is 6.61 Å². The first-order chi connectivity index (χ1) is 11.9. The number of carbonyl (C=O) groups is 2. The number of nitrogens with one attached hydrogen (secondary N) is 1. The number of hydrogen-bond acceptors (Lipinski definition) is 4. The third-order valence-electron chi connectivity index (χ3n) is 3.95. The van der Waals surface area contributed by atoms with E-state index in [0.717, 1.165) is 0 Å². The van der Waals surface area contributed by atoms with Crippen molar-refractivity contribution in [3.63, 3.8) is 0 Å². The average molecular weight is 387 g/mol. The molecule has 8 heteroatoms. The van der Waals surface area contributed by atoms with Gasteiger partial charge < -0.3 is 14.8 Å². The van der Waals surface area contributed by atoms with E-state index in [4.69, 9.17) is 32.7 Å².